The molecule has 3 unspecified atom stereocenters. The lowest BCUT2D eigenvalue weighted by Crippen LogP contribution is -2.31. The molecular formula is C95H110N4O9. The second-order valence-corrected chi connectivity index (χ2v) is 30.6. The van der Waals surface area contributed by atoms with Crippen molar-refractivity contribution in [3.05, 3.63) is 287 Å². The molecule has 4 saturated heterocycles. The number of rotatable bonds is 30. The van der Waals surface area contributed by atoms with Crippen LogP contribution in [-0.2, 0) is 0 Å². The van der Waals surface area contributed by atoms with Crippen molar-refractivity contribution in [1.82, 2.24) is 20.0 Å². The first-order chi connectivity index (χ1) is 53.0. The number of fused-ring (bicyclic) bond motifs is 1. The fraction of sp³-hybridized carbons (Fsp3) is 0.368. The lowest BCUT2D eigenvalue weighted by Gasteiger charge is -2.23. The van der Waals surface area contributed by atoms with E-state index in [1.165, 1.54) is 107 Å². The van der Waals surface area contributed by atoms with E-state index < -0.39 is 0 Å². The average molecular weight is 1450 g/mol. The molecule has 4 heterocycles. The van der Waals surface area contributed by atoms with Gasteiger partial charge in [0.1, 0.15) is 54.3 Å². The molecule has 564 valence electrons. The molecular weight excluding hydrogens is 1340 g/mol. The van der Waals surface area contributed by atoms with Gasteiger partial charge in [0.2, 0.25) is 0 Å². The Labute approximate surface area is 640 Å². The summed E-state index contributed by atoms with van der Waals surface area (Å²) in [7, 11) is 0. The zero-order valence-corrected chi connectivity index (χ0v) is 62.8. The van der Waals surface area contributed by atoms with Crippen LogP contribution in [0.3, 0.4) is 0 Å². The molecule has 4 aliphatic heterocycles. The van der Waals surface area contributed by atoms with Crippen LogP contribution < -0.4 is 19.5 Å². The number of phenolic OH excluding ortho intramolecular Hbond substituents is 3. The van der Waals surface area contributed by atoms with Crippen molar-refractivity contribution < 1.29 is 44.8 Å². The molecule has 0 aromatic heterocycles. The third-order valence-electron chi connectivity index (χ3n) is 23.0. The Hall–Kier alpha value is -9.28. The SMILES string of the molecule is OCCC/C(=C(\c1ccc(O)cc1)c1ccc(OCCN2CC3CC3C2)cc1)c1ccccc1.OCCC/C(=C(\c1ccc(O)cc1)c1ccc(OCCN2CCC3(CCCC3)C2)cc1)c1ccccc1.OCCC/C(=C(\c1ccc(O)cc1)c1ccc(OCCN2CCC3(CCNC3)C2)cc1)c1ccccc1. The Balaban J connectivity index is 0.000000143. The van der Waals surface area contributed by atoms with Gasteiger partial charge in [0.25, 0.3) is 0 Å². The van der Waals surface area contributed by atoms with E-state index in [0.717, 1.165) is 148 Å². The number of phenols is 3. The van der Waals surface area contributed by atoms with Gasteiger partial charge in [-0.1, -0.05) is 177 Å². The maximum atomic E-state index is 9.89. The Morgan fingerprint density at radius 1 is 0.352 bits per heavy atom. The highest BCUT2D eigenvalue weighted by molar-refractivity contribution is 6.01. The van der Waals surface area contributed by atoms with E-state index in [4.69, 9.17) is 14.2 Å². The van der Waals surface area contributed by atoms with Crippen molar-refractivity contribution >= 4 is 33.4 Å². The van der Waals surface area contributed by atoms with E-state index in [2.05, 4.69) is 129 Å². The van der Waals surface area contributed by atoms with Crippen molar-refractivity contribution in [2.45, 2.75) is 89.9 Å². The molecule has 9 aromatic rings. The Bertz CT molecular complexity index is 4130. The quantitative estimate of drug-likeness (QED) is 0.0213. The second-order valence-electron chi connectivity index (χ2n) is 30.6. The predicted molar refractivity (Wildman–Crippen MR) is 437 cm³/mol. The molecule has 0 bridgehead atoms. The first kappa shape index (κ1) is 76.9. The number of likely N-dealkylation sites (tertiary alicyclic amines) is 3. The minimum Gasteiger partial charge on any atom is -0.508 e. The highest BCUT2D eigenvalue weighted by Gasteiger charge is 2.45. The molecule has 108 heavy (non-hydrogen) atoms. The highest BCUT2D eigenvalue weighted by Crippen LogP contribution is 2.47. The summed E-state index contributed by atoms with van der Waals surface area (Å²) in [6, 6.07) is 78.2. The van der Waals surface area contributed by atoms with Crippen molar-refractivity contribution in [2.24, 2.45) is 22.7 Å². The Morgan fingerprint density at radius 3 is 0.991 bits per heavy atom. The van der Waals surface area contributed by atoms with Crippen LogP contribution in [0.4, 0.5) is 0 Å². The molecule has 2 saturated carbocycles. The summed E-state index contributed by atoms with van der Waals surface area (Å²) >= 11 is 0. The first-order valence-electron chi connectivity index (χ1n) is 39.7. The number of aromatic hydroxyl groups is 3. The van der Waals surface area contributed by atoms with Gasteiger partial charge in [0.05, 0.1) is 0 Å². The van der Waals surface area contributed by atoms with Gasteiger partial charge < -0.3 is 50.2 Å². The number of hydrogen-bond acceptors (Lipinski definition) is 13. The normalized spacial score (nSPS) is 19.4. The first-order valence-corrected chi connectivity index (χ1v) is 39.7. The summed E-state index contributed by atoms with van der Waals surface area (Å²) in [6.07, 6.45) is 15.3. The minimum atomic E-state index is 0.140. The smallest absolute Gasteiger partial charge is 0.119 e. The Morgan fingerprint density at radius 2 is 0.667 bits per heavy atom. The molecule has 2 spiro atoms. The number of nitrogens with one attached hydrogen (secondary N) is 1. The van der Waals surface area contributed by atoms with E-state index in [9.17, 15) is 30.6 Å². The lowest BCUT2D eigenvalue weighted by molar-refractivity contribution is 0.213. The van der Waals surface area contributed by atoms with Gasteiger partial charge in [-0.25, -0.2) is 0 Å². The standard InChI is InChI=1S/C33H39NO3.C32H38N2O3.C30H33NO3/c35-23-6-9-31(26-7-2-1-3-8-26)32(27-10-14-29(36)15-11-27)28-12-16-30(17-13-28)37-24-22-34-21-20-33(25-34)18-4-5-19-33;35-21-4-7-30(25-5-2-1-3-6-25)31(26-8-12-28(36)13-9-26)27-10-14-29(15-11-27)37-22-20-34-19-17-32(24-34)16-18-33-23-32;32-17-4-7-29(22-5-2-1-3-6-22)30(23-8-12-27(33)13-9-23)24-10-14-28(15-11-24)34-18-16-31-20-25-19-26(25)21-31/h1-3,7-8,10-17,35-36H,4-6,9,18-25H2;1-3,5-6,8-15,33,35-36H,4,7,16-24H2;1-3,5-6,8-15,25-26,32-33H,4,7,16-21H2/b32-31-;31-30-;30-29-. The second kappa shape index (κ2) is 38.2. The van der Waals surface area contributed by atoms with Crippen LogP contribution in [0.2, 0.25) is 0 Å². The van der Waals surface area contributed by atoms with Crippen LogP contribution in [0.5, 0.6) is 34.5 Å². The van der Waals surface area contributed by atoms with Crippen molar-refractivity contribution in [2.75, 3.05) is 112 Å². The average Bonchev–Trinajstić information content (AvgIpc) is 1.71. The van der Waals surface area contributed by atoms with Crippen LogP contribution in [-0.4, -0.2) is 157 Å². The number of allylic oxidation sites excluding steroid dienone is 3. The number of benzene rings is 9. The van der Waals surface area contributed by atoms with Crippen LogP contribution >= 0.6 is 0 Å². The molecule has 13 nitrogen and oxygen atoms in total. The molecule has 0 amide bonds. The zero-order chi connectivity index (χ0) is 74.3. The van der Waals surface area contributed by atoms with Gasteiger partial charge in [-0.05, 0) is 276 Å². The topological polar surface area (TPSA) is 171 Å². The zero-order valence-electron chi connectivity index (χ0n) is 62.8. The fourth-order valence-electron chi connectivity index (χ4n) is 17.2. The van der Waals surface area contributed by atoms with E-state index in [0.29, 0.717) is 49.9 Å². The maximum Gasteiger partial charge on any atom is 0.119 e. The number of aliphatic hydroxyl groups is 3. The van der Waals surface area contributed by atoms with Gasteiger partial charge >= 0.3 is 0 Å². The van der Waals surface area contributed by atoms with Crippen molar-refractivity contribution in [1.29, 1.82) is 0 Å². The summed E-state index contributed by atoms with van der Waals surface area (Å²) in [5.74, 6) is 5.30. The molecule has 15 rings (SSSR count). The van der Waals surface area contributed by atoms with Gasteiger partial charge in [0.15, 0.2) is 0 Å². The summed E-state index contributed by atoms with van der Waals surface area (Å²) in [6.45, 7) is 15.1. The molecule has 3 atom stereocenters. The predicted octanol–water partition coefficient (Wildman–Crippen LogP) is 17.4. The Kier molecular flexibility index (Phi) is 27.2. The van der Waals surface area contributed by atoms with Gasteiger partial charge in [-0.15, -0.1) is 0 Å². The summed E-state index contributed by atoms with van der Waals surface area (Å²) in [4.78, 5) is 7.64. The van der Waals surface area contributed by atoms with E-state index in [1.54, 1.807) is 36.4 Å². The fourth-order valence-corrected chi connectivity index (χ4v) is 17.2. The van der Waals surface area contributed by atoms with Crippen LogP contribution in [0.25, 0.3) is 33.4 Å². The number of ether oxygens (including phenoxy) is 3. The van der Waals surface area contributed by atoms with Gasteiger partial charge in [-0.3, -0.25) is 14.7 Å². The molecule has 6 fully saturated rings. The van der Waals surface area contributed by atoms with Crippen molar-refractivity contribution in [3.8, 4) is 34.5 Å². The summed E-state index contributed by atoms with van der Waals surface area (Å²) in [5, 5.41) is 61.9. The molecule has 6 aliphatic rings. The summed E-state index contributed by atoms with van der Waals surface area (Å²) < 4.78 is 18.4. The van der Waals surface area contributed by atoms with Crippen LogP contribution in [0, 0.1) is 22.7 Å². The van der Waals surface area contributed by atoms with E-state index in [-0.39, 0.29) is 37.1 Å². The number of hydrogen-bond donors (Lipinski definition) is 7. The van der Waals surface area contributed by atoms with Gasteiger partial charge in [0, 0.05) is 72.2 Å². The minimum absolute atomic E-state index is 0.140. The lowest BCUT2D eigenvalue weighted by atomic mass is 9.86. The molecule has 13 heteroatoms. The van der Waals surface area contributed by atoms with Gasteiger partial charge in [-0.2, -0.15) is 0 Å². The van der Waals surface area contributed by atoms with E-state index >= 15 is 0 Å². The summed E-state index contributed by atoms with van der Waals surface area (Å²) in [5.41, 5.74) is 17.8. The van der Waals surface area contributed by atoms with E-state index in [1.807, 2.05) is 91.0 Å². The number of aliphatic hydroxyl groups excluding tert-OH is 3. The number of nitrogens with zero attached hydrogens (tertiary/aromatic N) is 3. The van der Waals surface area contributed by atoms with Crippen molar-refractivity contribution in [3.63, 3.8) is 0 Å². The third-order valence-corrected chi connectivity index (χ3v) is 23.0. The molecule has 9 aromatic carbocycles. The molecule has 7 N–H and O–H groups in total. The molecule has 2 aliphatic carbocycles. The maximum absolute atomic E-state index is 9.89. The van der Waals surface area contributed by atoms with Crippen LogP contribution in [0.15, 0.2) is 237 Å². The largest absolute Gasteiger partial charge is 0.508 e. The molecule has 0 radical (unpaired) electrons. The van der Waals surface area contributed by atoms with Crippen LogP contribution in [0.1, 0.15) is 140 Å². The third kappa shape index (κ3) is 20.7. The monoisotopic (exact) mass is 1450 g/mol. The number of piperidine rings is 1. The highest BCUT2D eigenvalue weighted by atomic mass is 16.5.